The summed E-state index contributed by atoms with van der Waals surface area (Å²) in [5.41, 5.74) is 5.20. The Kier molecular flexibility index (Phi) is 2.39. The lowest BCUT2D eigenvalue weighted by molar-refractivity contribution is -0.117. The van der Waals surface area contributed by atoms with Crippen molar-refractivity contribution in [1.82, 2.24) is 20.2 Å². The Bertz CT molecular complexity index is 658. The van der Waals surface area contributed by atoms with Crippen molar-refractivity contribution in [2.24, 2.45) is 5.73 Å². The zero-order chi connectivity index (χ0) is 11.5. The Morgan fingerprint density at radius 2 is 2.38 bits per heavy atom. The Morgan fingerprint density at radius 1 is 1.56 bits per heavy atom. The molecule has 80 valence electrons. The standard InChI is InChI=1S/C9H7N5O2/c10-6(15)3-1-2-5-7-8(14-13-5)11-4-12-9(7)16/h4H,3H2,(H2,10,15)(H2,11,12,13,14,16). The molecule has 0 unspecified atom stereocenters. The van der Waals surface area contributed by atoms with Crippen LogP contribution in [0.2, 0.25) is 0 Å². The number of primary amides is 1. The lowest BCUT2D eigenvalue weighted by Crippen LogP contribution is -2.08. The van der Waals surface area contributed by atoms with Gasteiger partial charge >= 0.3 is 0 Å². The largest absolute Gasteiger partial charge is 0.369 e. The summed E-state index contributed by atoms with van der Waals surface area (Å²) in [6.45, 7) is 0. The number of fused-ring (bicyclic) bond motifs is 1. The SMILES string of the molecule is NC(=O)CC#Cc1[nH]nc2nc[nH]c(=O)c12. The summed E-state index contributed by atoms with van der Waals surface area (Å²) in [4.78, 5) is 28.2. The van der Waals surface area contributed by atoms with Crippen LogP contribution in [0.15, 0.2) is 11.1 Å². The molecule has 0 radical (unpaired) electrons. The quantitative estimate of drug-likeness (QED) is 0.524. The number of H-pyrrole nitrogens is 2. The van der Waals surface area contributed by atoms with E-state index in [1.165, 1.54) is 6.33 Å². The monoisotopic (exact) mass is 217 g/mol. The van der Waals surface area contributed by atoms with Crippen molar-refractivity contribution in [1.29, 1.82) is 0 Å². The van der Waals surface area contributed by atoms with E-state index in [1.807, 2.05) is 0 Å². The van der Waals surface area contributed by atoms with E-state index in [4.69, 9.17) is 5.73 Å². The fourth-order valence-corrected chi connectivity index (χ4v) is 1.18. The van der Waals surface area contributed by atoms with Gasteiger partial charge in [-0.15, -0.1) is 0 Å². The van der Waals surface area contributed by atoms with E-state index in [9.17, 15) is 9.59 Å². The van der Waals surface area contributed by atoms with Crippen molar-refractivity contribution in [2.75, 3.05) is 0 Å². The maximum absolute atomic E-state index is 11.4. The smallest absolute Gasteiger partial charge is 0.263 e. The molecule has 2 rings (SSSR count). The summed E-state index contributed by atoms with van der Waals surface area (Å²) < 4.78 is 0. The second kappa shape index (κ2) is 3.86. The van der Waals surface area contributed by atoms with Gasteiger partial charge in [-0.2, -0.15) is 5.10 Å². The number of carbonyl (C=O) groups excluding carboxylic acids is 1. The first-order valence-corrected chi connectivity index (χ1v) is 4.37. The molecule has 0 atom stereocenters. The van der Waals surface area contributed by atoms with Crippen LogP contribution in [-0.4, -0.2) is 26.1 Å². The van der Waals surface area contributed by atoms with Gasteiger partial charge in [-0.25, -0.2) is 4.98 Å². The molecule has 0 saturated carbocycles. The number of aromatic amines is 2. The highest BCUT2D eigenvalue weighted by Crippen LogP contribution is 2.05. The van der Waals surface area contributed by atoms with Gasteiger partial charge in [-0.1, -0.05) is 5.92 Å². The molecule has 0 saturated heterocycles. The van der Waals surface area contributed by atoms with Gasteiger partial charge < -0.3 is 10.7 Å². The fraction of sp³-hybridized carbons (Fsp3) is 0.111. The second-order valence-corrected chi connectivity index (χ2v) is 2.97. The average molecular weight is 217 g/mol. The number of rotatable bonds is 1. The third kappa shape index (κ3) is 1.76. The summed E-state index contributed by atoms with van der Waals surface area (Å²) in [6.07, 6.45) is 1.19. The first-order valence-electron chi connectivity index (χ1n) is 4.37. The van der Waals surface area contributed by atoms with Crippen LogP contribution in [0.3, 0.4) is 0 Å². The highest BCUT2D eigenvalue weighted by molar-refractivity contribution is 5.80. The molecular formula is C9H7N5O2. The van der Waals surface area contributed by atoms with Gasteiger partial charge in [0.25, 0.3) is 5.56 Å². The summed E-state index contributed by atoms with van der Waals surface area (Å²) in [5.74, 6) is 4.62. The minimum atomic E-state index is -0.525. The van der Waals surface area contributed by atoms with Crippen LogP contribution >= 0.6 is 0 Å². The van der Waals surface area contributed by atoms with Crippen LogP contribution < -0.4 is 11.3 Å². The number of nitrogens with two attached hydrogens (primary N) is 1. The Morgan fingerprint density at radius 3 is 3.12 bits per heavy atom. The minimum Gasteiger partial charge on any atom is -0.369 e. The van der Waals surface area contributed by atoms with Crippen LogP contribution in [0, 0.1) is 11.8 Å². The molecule has 2 aromatic rings. The summed E-state index contributed by atoms with van der Waals surface area (Å²) in [7, 11) is 0. The molecule has 2 heterocycles. The minimum absolute atomic E-state index is 0.0708. The van der Waals surface area contributed by atoms with Gasteiger partial charge in [0.2, 0.25) is 5.91 Å². The number of nitrogens with one attached hydrogen (secondary N) is 2. The summed E-state index contributed by atoms with van der Waals surface area (Å²) in [5, 5.41) is 6.65. The van der Waals surface area contributed by atoms with E-state index < -0.39 is 5.91 Å². The second-order valence-electron chi connectivity index (χ2n) is 2.97. The van der Waals surface area contributed by atoms with Crippen molar-refractivity contribution >= 4 is 16.9 Å². The number of hydrogen-bond donors (Lipinski definition) is 3. The highest BCUT2D eigenvalue weighted by atomic mass is 16.1. The van der Waals surface area contributed by atoms with Crippen molar-refractivity contribution in [3.8, 4) is 11.8 Å². The van der Waals surface area contributed by atoms with Crippen LogP contribution in [0.4, 0.5) is 0 Å². The van der Waals surface area contributed by atoms with Crippen molar-refractivity contribution in [3.63, 3.8) is 0 Å². The molecular weight excluding hydrogens is 210 g/mol. The highest BCUT2D eigenvalue weighted by Gasteiger charge is 2.07. The van der Waals surface area contributed by atoms with Gasteiger partial charge in [0.1, 0.15) is 11.1 Å². The van der Waals surface area contributed by atoms with Crippen LogP contribution in [0.5, 0.6) is 0 Å². The zero-order valence-electron chi connectivity index (χ0n) is 8.07. The van der Waals surface area contributed by atoms with Crippen LogP contribution in [0.25, 0.3) is 11.0 Å². The molecule has 4 N–H and O–H groups in total. The van der Waals surface area contributed by atoms with Crippen LogP contribution in [-0.2, 0) is 4.79 Å². The van der Waals surface area contributed by atoms with E-state index in [-0.39, 0.29) is 23.0 Å². The molecule has 0 fully saturated rings. The molecule has 0 aromatic carbocycles. The summed E-state index contributed by atoms with van der Waals surface area (Å²) >= 11 is 0. The van der Waals surface area contributed by atoms with E-state index in [0.29, 0.717) is 5.69 Å². The third-order valence-corrected chi connectivity index (χ3v) is 1.83. The fourth-order valence-electron chi connectivity index (χ4n) is 1.18. The molecule has 7 heteroatoms. The normalized spacial score (nSPS) is 9.75. The van der Waals surface area contributed by atoms with Crippen molar-refractivity contribution < 1.29 is 4.79 Å². The van der Waals surface area contributed by atoms with Crippen LogP contribution in [0.1, 0.15) is 12.1 Å². The van der Waals surface area contributed by atoms with Gasteiger partial charge in [0.05, 0.1) is 12.7 Å². The number of aromatic nitrogens is 4. The summed E-state index contributed by atoms with van der Waals surface area (Å²) in [6, 6.07) is 0. The third-order valence-electron chi connectivity index (χ3n) is 1.83. The number of amides is 1. The van der Waals surface area contributed by atoms with E-state index >= 15 is 0 Å². The maximum atomic E-state index is 11.4. The molecule has 7 nitrogen and oxygen atoms in total. The number of hydrogen-bond acceptors (Lipinski definition) is 4. The van der Waals surface area contributed by atoms with Crippen molar-refractivity contribution in [3.05, 3.63) is 22.4 Å². The molecule has 0 spiro atoms. The van der Waals surface area contributed by atoms with E-state index in [1.54, 1.807) is 0 Å². The van der Waals surface area contributed by atoms with Crippen molar-refractivity contribution in [2.45, 2.75) is 6.42 Å². The molecule has 16 heavy (non-hydrogen) atoms. The van der Waals surface area contributed by atoms with E-state index in [0.717, 1.165) is 0 Å². The Hall–Kier alpha value is -2.62. The average Bonchev–Trinajstić information content (AvgIpc) is 2.62. The number of nitrogens with zero attached hydrogens (tertiary/aromatic N) is 2. The molecule has 2 aromatic heterocycles. The van der Waals surface area contributed by atoms with Gasteiger partial charge in [0, 0.05) is 0 Å². The molecule has 0 bridgehead atoms. The first-order chi connectivity index (χ1) is 7.68. The van der Waals surface area contributed by atoms with Gasteiger partial charge in [0.15, 0.2) is 5.65 Å². The molecule has 0 aliphatic rings. The van der Waals surface area contributed by atoms with Gasteiger partial charge in [-0.05, 0) is 5.92 Å². The zero-order valence-corrected chi connectivity index (χ0v) is 8.07. The predicted molar refractivity (Wildman–Crippen MR) is 55.2 cm³/mol. The Labute approximate surface area is 89.1 Å². The van der Waals surface area contributed by atoms with Gasteiger partial charge in [-0.3, -0.25) is 14.7 Å². The lowest BCUT2D eigenvalue weighted by atomic mass is 10.3. The number of carbonyl (C=O) groups is 1. The molecule has 0 aliphatic heterocycles. The lowest BCUT2D eigenvalue weighted by Gasteiger charge is -1.85. The Balaban J connectivity index is 2.49. The molecule has 0 aliphatic carbocycles. The first kappa shape index (κ1) is 9.92. The predicted octanol–water partition coefficient (Wildman–Crippen LogP) is -1.13. The maximum Gasteiger partial charge on any atom is 0.263 e. The van der Waals surface area contributed by atoms with E-state index in [2.05, 4.69) is 32.0 Å². The topological polar surface area (TPSA) is 118 Å². The molecule has 1 amide bonds.